The Balaban J connectivity index is 2.42. The van der Waals surface area contributed by atoms with Crippen molar-refractivity contribution in [1.82, 2.24) is 0 Å². The molecule has 0 saturated heterocycles. The Labute approximate surface area is 94.9 Å². The quantitative estimate of drug-likeness (QED) is 0.642. The molecule has 0 heterocycles. The molecule has 1 aliphatic carbocycles. The number of phenolic OH excluding ortho intramolecular Hbond substituents is 1. The highest BCUT2D eigenvalue weighted by atomic mass is 16.3. The summed E-state index contributed by atoms with van der Waals surface area (Å²) in [7, 11) is 0. The molecule has 0 fully saturated rings. The molecule has 0 aromatic heterocycles. The number of benzene rings is 1. The summed E-state index contributed by atoms with van der Waals surface area (Å²) in [6, 6.07) is 4.97. The summed E-state index contributed by atoms with van der Waals surface area (Å²) < 4.78 is 0. The lowest BCUT2D eigenvalue weighted by atomic mass is 10.0. The zero-order chi connectivity index (χ0) is 11.4. The van der Waals surface area contributed by atoms with E-state index in [-0.39, 0.29) is 11.9 Å². The first-order valence-electron chi connectivity index (χ1n) is 5.24. The third-order valence-corrected chi connectivity index (χ3v) is 2.39. The van der Waals surface area contributed by atoms with Gasteiger partial charge in [0.15, 0.2) is 0 Å². The van der Waals surface area contributed by atoms with E-state index in [2.05, 4.69) is 23.7 Å². The summed E-state index contributed by atoms with van der Waals surface area (Å²) >= 11 is 0. The summed E-state index contributed by atoms with van der Waals surface area (Å²) in [5.74, 6) is 12.0. The zero-order valence-electron chi connectivity index (χ0n) is 8.83. The van der Waals surface area contributed by atoms with Crippen molar-refractivity contribution in [3.8, 4) is 29.4 Å². The van der Waals surface area contributed by atoms with Gasteiger partial charge in [-0.3, -0.25) is 0 Å². The number of phenols is 1. The van der Waals surface area contributed by atoms with Gasteiger partial charge in [0, 0.05) is 24.0 Å². The van der Waals surface area contributed by atoms with E-state index in [0.29, 0.717) is 19.3 Å². The predicted octanol–water partition coefficient (Wildman–Crippen LogP) is 1.64. The normalized spacial score (nSPS) is 18.4. The molecule has 2 N–H and O–H groups in total. The third-order valence-electron chi connectivity index (χ3n) is 2.39. The van der Waals surface area contributed by atoms with Crippen molar-refractivity contribution in [3.05, 3.63) is 29.3 Å². The first-order chi connectivity index (χ1) is 7.75. The van der Waals surface area contributed by atoms with E-state index in [4.69, 9.17) is 0 Å². The maximum Gasteiger partial charge on any atom is 0.116 e. The molecular weight excluding hydrogens is 200 g/mol. The number of aliphatic hydroxyl groups is 1. The van der Waals surface area contributed by atoms with Gasteiger partial charge in [-0.15, -0.1) is 0 Å². The van der Waals surface area contributed by atoms with Crippen LogP contribution in [0, 0.1) is 23.7 Å². The molecule has 0 aliphatic heterocycles. The second-order valence-corrected chi connectivity index (χ2v) is 3.73. The van der Waals surface area contributed by atoms with Crippen LogP contribution in [0.5, 0.6) is 5.75 Å². The highest BCUT2D eigenvalue weighted by molar-refractivity contribution is 5.53. The van der Waals surface area contributed by atoms with Crippen LogP contribution in [0.15, 0.2) is 18.2 Å². The van der Waals surface area contributed by atoms with Crippen molar-refractivity contribution >= 4 is 0 Å². The summed E-state index contributed by atoms with van der Waals surface area (Å²) in [6.07, 6.45) is 1.39. The van der Waals surface area contributed by atoms with Crippen LogP contribution in [-0.2, 0) is 0 Å². The van der Waals surface area contributed by atoms with E-state index in [1.807, 2.05) is 0 Å². The van der Waals surface area contributed by atoms with Crippen molar-refractivity contribution in [1.29, 1.82) is 0 Å². The maximum absolute atomic E-state index is 9.51. The molecule has 1 aromatic carbocycles. The molecule has 1 atom stereocenters. The van der Waals surface area contributed by atoms with Gasteiger partial charge in [-0.05, 0) is 24.6 Å². The molecule has 0 radical (unpaired) electrons. The molecule has 0 spiro atoms. The van der Waals surface area contributed by atoms with E-state index in [9.17, 15) is 10.2 Å². The Morgan fingerprint density at radius 3 is 2.81 bits per heavy atom. The van der Waals surface area contributed by atoms with Crippen LogP contribution in [0.2, 0.25) is 0 Å². The third kappa shape index (κ3) is 2.57. The van der Waals surface area contributed by atoms with Gasteiger partial charge < -0.3 is 10.2 Å². The Morgan fingerprint density at radius 1 is 1.12 bits per heavy atom. The van der Waals surface area contributed by atoms with Crippen LogP contribution in [0.3, 0.4) is 0 Å². The monoisotopic (exact) mass is 212 g/mol. The molecule has 2 nitrogen and oxygen atoms in total. The Bertz CT molecular complexity index is 509. The molecule has 1 aromatic rings. The maximum atomic E-state index is 9.51. The van der Waals surface area contributed by atoms with Crippen molar-refractivity contribution in [2.24, 2.45) is 0 Å². The standard InChI is InChI=1S/C14H12O2/c15-13-6-2-1-4-12-10-14(16)9-8-11(12)5-3-7-13/h8-10,13,15-16H,2,6-7H2/t13-/m1/s1. The average molecular weight is 212 g/mol. The lowest BCUT2D eigenvalue weighted by Gasteiger charge is -2.04. The molecule has 16 heavy (non-hydrogen) atoms. The number of hydrogen-bond donors (Lipinski definition) is 2. The smallest absolute Gasteiger partial charge is 0.116 e. The lowest BCUT2D eigenvalue weighted by Crippen LogP contribution is -2.04. The molecule has 1 aliphatic rings. The van der Waals surface area contributed by atoms with E-state index in [1.54, 1.807) is 18.2 Å². The van der Waals surface area contributed by atoms with E-state index in [0.717, 1.165) is 11.1 Å². The summed E-state index contributed by atoms with van der Waals surface area (Å²) in [5.41, 5.74) is 1.56. The zero-order valence-corrected chi connectivity index (χ0v) is 8.83. The average Bonchev–Trinajstić information content (AvgIpc) is 2.27. The predicted molar refractivity (Wildman–Crippen MR) is 61.7 cm³/mol. The van der Waals surface area contributed by atoms with Crippen LogP contribution >= 0.6 is 0 Å². The molecule has 0 unspecified atom stereocenters. The number of aliphatic hydroxyl groups excluding tert-OH is 1. The molecule has 80 valence electrons. The second kappa shape index (κ2) is 4.75. The largest absolute Gasteiger partial charge is 0.508 e. The fourth-order valence-corrected chi connectivity index (χ4v) is 1.51. The molecule has 2 heteroatoms. The van der Waals surface area contributed by atoms with E-state index >= 15 is 0 Å². The van der Waals surface area contributed by atoms with Crippen LogP contribution in [0.4, 0.5) is 0 Å². The molecule has 0 saturated carbocycles. The van der Waals surface area contributed by atoms with E-state index < -0.39 is 0 Å². The summed E-state index contributed by atoms with van der Waals surface area (Å²) in [4.78, 5) is 0. The summed E-state index contributed by atoms with van der Waals surface area (Å²) in [6.45, 7) is 0. The van der Waals surface area contributed by atoms with Gasteiger partial charge in [0.25, 0.3) is 0 Å². The minimum atomic E-state index is -0.388. The van der Waals surface area contributed by atoms with Crippen LogP contribution < -0.4 is 0 Å². The topological polar surface area (TPSA) is 40.5 Å². The number of fused-ring (bicyclic) bond motifs is 1. The minimum absolute atomic E-state index is 0.201. The number of aromatic hydroxyl groups is 1. The van der Waals surface area contributed by atoms with Gasteiger partial charge in [-0.2, -0.15) is 0 Å². The van der Waals surface area contributed by atoms with Crippen molar-refractivity contribution in [3.63, 3.8) is 0 Å². The van der Waals surface area contributed by atoms with Gasteiger partial charge in [0.1, 0.15) is 5.75 Å². The second-order valence-electron chi connectivity index (χ2n) is 3.73. The first kappa shape index (κ1) is 10.6. The van der Waals surface area contributed by atoms with Crippen molar-refractivity contribution < 1.29 is 10.2 Å². The Kier molecular flexibility index (Phi) is 3.15. The molecule has 0 amide bonds. The van der Waals surface area contributed by atoms with Crippen molar-refractivity contribution in [2.45, 2.75) is 25.4 Å². The van der Waals surface area contributed by atoms with Crippen LogP contribution in [-0.4, -0.2) is 16.3 Å². The van der Waals surface area contributed by atoms with Crippen LogP contribution in [0.25, 0.3) is 0 Å². The van der Waals surface area contributed by atoms with Gasteiger partial charge in [0.2, 0.25) is 0 Å². The molecular formula is C14H12O2. The highest BCUT2D eigenvalue weighted by Crippen LogP contribution is 2.15. The van der Waals surface area contributed by atoms with Gasteiger partial charge in [-0.25, -0.2) is 0 Å². The number of rotatable bonds is 0. The van der Waals surface area contributed by atoms with Crippen LogP contribution in [0.1, 0.15) is 30.4 Å². The molecule has 2 rings (SSSR count). The fourth-order valence-electron chi connectivity index (χ4n) is 1.51. The first-order valence-corrected chi connectivity index (χ1v) is 5.24. The molecule has 0 bridgehead atoms. The van der Waals surface area contributed by atoms with Gasteiger partial charge in [-0.1, -0.05) is 23.7 Å². The SMILES string of the molecule is Oc1ccc2c(c1)C#CCC[C@@H](O)CC#C2. The highest BCUT2D eigenvalue weighted by Gasteiger charge is 2.03. The minimum Gasteiger partial charge on any atom is -0.508 e. The summed E-state index contributed by atoms with van der Waals surface area (Å²) in [5, 5.41) is 18.9. The Morgan fingerprint density at radius 2 is 1.94 bits per heavy atom. The Hall–Kier alpha value is -1.90. The lowest BCUT2D eigenvalue weighted by molar-refractivity contribution is 0.172. The van der Waals surface area contributed by atoms with Crippen molar-refractivity contribution in [2.75, 3.05) is 0 Å². The fraction of sp³-hybridized carbons (Fsp3) is 0.286. The number of hydrogen-bond acceptors (Lipinski definition) is 2. The van der Waals surface area contributed by atoms with Gasteiger partial charge >= 0.3 is 0 Å². The van der Waals surface area contributed by atoms with E-state index in [1.165, 1.54) is 0 Å². The van der Waals surface area contributed by atoms with Gasteiger partial charge in [0.05, 0.1) is 6.10 Å².